The van der Waals surface area contributed by atoms with Gasteiger partial charge in [-0.1, -0.05) is 33.4 Å². The van der Waals surface area contributed by atoms with Crippen molar-refractivity contribution in [1.29, 1.82) is 0 Å². The summed E-state index contributed by atoms with van der Waals surface area (Å²) in [6.45, 7) is 14.3. The van der Waals surface area contributed by atoms with E-state index in [4.69, 9.17) is 0 Å². The predicted octanol–water partition coefficient (Wildman–Crippen LogP) is 3.44. The van der Waals surface area contributed by atoms with Crippen molar-refractivity contribution in [3.8, 4) is 0 Å². The second-order valence-electron chi connectivity index (χ2n) is 5.15. The van der Waals surface area contributed by atoms with Gasteiger partial charge in [0, 0.05) is 25.2 Å². The normalized spacial score (nSPS) is 30.1. The average Bonchev–Trinajstić information content (AvgIpc) is 2.13. The van der Waals surface area contributed by atoms with Crippen LogP contribution in [0.1, 0.15) is 34.1 Å². The molecule has 1 atom stereocenters. The first-order valence-corrected chi connectivity index (χ1v) is 5.44. The molecule has 0 aromatic heterocycles. The van der Waals surface area contributed by atoms with Crippen LogP contribution in [0.5, 0.6) is 0 Å². The van der Waals surface area contributed by atoms with Gasteiger partial charge in [-0.25, -0.2) is 0 Å². The molecular formula is C13H23N. The Morgan fingerprint density at radius 3 is 2.64 bits per heavy atom. The molecule has 0 aliphatic carbocycles. The van der Waals surface area contributed by atoms with Gasteiger partial charge in [0.1, 0.15) is 0 Å². The maximum Gasteiger partial charge on any atom is 0.0194 e. The molecule has 1 aliphatic rings. The van der Waals surface area contributed by atoms with Crippen LogP contribution in [0.25, 0.3) is 0 Å². The van der Waals surface area contributed by atoms with Crippen LogP contribution in [-0.2, 0) is 0 Å². The van der Waals surface area contributed by atoms with Crippen molar-refractivity contribution in [3.05, 3.63) is 23.9 Å². The van der Waals surface area contributed by atoms with Crippen molar-refractivity contribution < 1.29 is 0 Å². The molecule has 1 nitrogen and oxygen atoms in total. The van der Waals surface area contributed by atoms with Gasteiger partial charge < -0.3 is 4.90 Å². The molecule has 1 unspecified atom stereocenters. The zero-order chi connectivity index (χ0) is 10.9. The zero-order valence-corrected chi connectivity index (χ0v) is 10.2. The first-order valence-electron chi connectivity index (χ1n) is 5.44. The van der Waals surface area contributed by atoms with Crippen molar-refractivity contribution in [2.45, 2.75) is 34.1 Å². The summed E-state index contributed by atoms with van der Waals surface area (Å²) >= 11 is 0. The minimum Gasteiger partial charge on any atom is -0.377 e. The average molecular weight is 193 g/mol. The highest BCUT2D eigenvalue weighted by Gasteiger charge is 2.35. The Morgan fingerprint density at radius 2 is 2.14 bits per heavy atom. The minimum absolute atomic E-state index is 0.423. The Morgan fingerprint density at radius 1 is 1.57 bits per heavy atom. The molecule has 1 fully saturated rings. The lowest BCUT2D eigenvalue weighted by atomic mass is 9.72. The van der Waals surface area contributed by atoms with E-state index in [0.717, 1.165) is 6.54 Å². The van der Waals surface area contributed by atoms with E-state index in [9.17, 15) is 0 Å². The van der Waals surface area contributed by atoms with Gasteiger partial charge in [-0.15, -0.1) is 0 Å². The van der Waals surface area contributed by atoms with Crippen molar-refractivity contribution in [1.82, 2.24) is 4.90 Å². The van der Waals surface area contributed by atoms with Crippen LogP contribution in [0, 0.1) is 11.3 Å². The van der Waals surface area contributed by atoms with E-state index >= 15 is 0 Å². The number of allylic oxidation sites excluding steroid dienone is 3. The Kier molecular flexibility index (Phi) is 3.08. The predicted molar refractivity (Wildman–Crippen MR) is 63.1 cm³/mol. The molecule has 14 heavy (non-hydrogen) atoms. The van der Waals surface area contributed by atoms with Crippen LogP contribution in [0.3, 0.4) is 0 Å². The smallest absolute Gasteiger partial charge is 0.0194 e. The molecule has 80 valence electrons. The zero-order valence-electron chi connectivity index (χ0n) is 10.2. The van der Waals surface area contributed by atoms with Gasteiger partial charge in [0.2, 0.25) is 0 Å². The van der Waals surface area contributed by atoms with Crippen molar-refractivity contribution in [2.75, 3.05) is 13.6 Å². The fraction of sp³-hybridized carbons (Fsp3) is 0.692. The highest BCUT2D eigenvalue weighted by Crippen LogP contribution is 2.41. The summed E-state index contributed by atoms with van der Waals surface area (Å²) < 4.78 is 0. The van der Waals surface area contributed by atoms with Crippen LogP contribution < -0.4 is 0 Å². The van der Waals surface area contributed by atoms with Crippen molar-refractivity contribution in [2.24, 2.45) is 11.3 Å². The van der Waals surface area contributed by atoms with Gasteiger partial charge in [0.25, 0.3) is 0 Å². The van der Waals surface area contributed by atoms with Crippen LogP contribution >= 0.6 is 0 Å². The summed E-state index contributed by atoms with van der Waals surface area (Å²) in [6, 6.07) is 0. The molecular weight excluding hydrogens is 170 g/mol. The van der Waals surface area contributed by atoms with Gasteiger partial charge in [-0.3, -0.25) is 0 Å². The Hall–Kier alpha value is -0.720. The highest BCUT2D eigenvalue weighted by atomic mass is 15.1. The van der Waals surface area contributed by atoms with Gasteiger partial charge >= 0.3 is 0 Å². The van der Waals surface area contributed by atoms with E-state index in [1.165, 1.54) is 17.7 Å². The van der Waals surface area contributed by atoms with E-state index in [1.807, 2.05) is 6.08 Å². The monoisotopic (exact) mass is 193 g/mol. The molecule has 0 N–H and O–H groups in total. The Bertz CT molecular complexity index is 260. The largest absolute Gasteiger partial charge is 0.377 e. The van der Waals surface area contributed by atoms with Crippen molar-refractivity contribution >= 4 is 0 Å². The van der Waals surface area contributed by atoms with Crippen LogP contribution in [-0.4, -0.2) is 18.5 Å². The van der Waals surface area contributed by atoms with Gasteiger partial charge in [0.05, 0.1) is 0 Å². The number of rotatable bonds is 1. The lowest BCUT2D eigenvalue weighted by Crippen LogP contribution is -2.40. The minimum atomic E-state index is 0.423. The second-order valence-corrected chi connectivity index (χ2v) is 5.15. The molecule has 1 saturated heterocycles. The molecule has 0 spiro atoms. The summed E-state index contributed by atoms with van der Waals surface area (Å²) in [5, 5.41) is 0. The summed E-state index contributed by atoms with van der Waals surface area (Å²) in [6.07, 6.45) is 3.25. The first-order chi connectivity index (χ1) is 6.40. The van der Waals surface area contributed by atoms with Crippen LogP contribution in [0.2, 0.25) is 0 Å². The molecule has 1 heterocycles. The van der Waals surface area contributed by atoms with E-state index < -0.39 is 0 Å². The molecule has 1 rings (SSSR count). The summed E-state index contributed by atoms with van der Waals surface area (Å²) in [5.41, 5.74) is 3.22. The van der Waals surface area contributed by atoms with E-state index in [2.05, 4.69) is 46.2 Å². The van der Waals surface area contributed by atoms with Gasteiger partial charge in [0.15, 0.2) is 0 Å². The molecule has 0 amide bonds. The summed E-state index contributed by atoms with van der Waals surface area (Å²) in [7, 11) is 2.19. The standard InChI is InChI=1S/C13H23N/c1-7-10(2)12-11(3)13(4,5)8-9-14(12)6/h7,11H,1,8-9H2,2-6H3/b12-10-. The first kappa shape index (κ1) is 11.4. The topological polar surface area (TPSA) is 3.24 Å². The van der Waals surface area contributed by atoms with Crippen molar-refractivity contribution in [3.63, 3.8) is 0 Å². The molecule has 1 aliphatic heterocycles. The Balaban J connectivity index is 3.08. The third-order valence-corrected chi connectivity index (χ3v) is 3.80. The second kappa shape index (κ2) is 3.80. The van der Waals surface area contributed by atoms with Gasteiger partial charge in [-0.2, -0.15) is 0 Å². The SMILES string of the molecule is C=C/C(C)=C1/C(C)C(C)(C)CCN1C. The molecule has 0 radical (unpaired) electrons. The third-order valence-electron chi connectivity index (χ3n) is 3.80. The quantitative estimate of drug-likeness (QED) is 0.616. The molecule has 0 aromatic carbocycles. The summed E-state index contributed by atoms with van der Waals surface area (Å²) in [5.74, 6) is 0.624. The number of hydrogen-bond acceptors (Lipinski definition) is 1. The van der Waals surface area contributed by atoms with Crippen LogP contribution in [0.15, 0.2) is 23.9 Å². The number of piperidine rings is 1. The van der Waals surface area contributed by atoms with E-state index in [0.29, 0.717) is 11.3 Å². The molecule has 0 saturated carbocycles. The highest BCUT2D eigenvalue weighted by molar-refractivity contribution is 5.25. The molecule has 1 heteroatoms. The Labute approximate surface area is 88.5 Å². The van der Waals surface area contributed by atoms with E-state index in [-0.39, 0.29) is 0 Å². The maximum atomic E-state index is 3.87. The maximum absolute atomic E-state index is 3.87. The number of likely N-dealkylation sites (tertiary alicyclic amines) is 1. The van der Waals surface area contributed by atoms with Gasteiger partial charge in [-0.05, 0) is 24.3 Å². The molecule has 0 aromatic rings. The summed E-state index contributed by atoms with van der Waals surface area (Å²) in [4.78, 5) is 2.38. The fourth-order valence-electron chi connectivity index (χ4n) is 2.24. The van der Waals surface area contributed by atoms with Crippen LogP contribution in [0.4, 0.5) is 0 Å². The van der Waals surface area contributed by atoms with E-state index in [1.54, 1.807) is 0 Å². The number of nitrogens with zero attached hydrogens (tertiary/aromatic N) is 1. The molecule has 0 bridgehead atoms. The lowest BCUT2D eigenvalue weighted by Gasteiger charge is -2.44. The lowest BCUT2D eigenvalue weighted by molar-refractivity contribution is 0.135. The number of hydrogen-bond donors (Lipinski definition) is 0. The third kappa shape index (κ3) is 1.87. The fourth-order valence-corrected chi connectivity index (χ4v) is 2.24.